The number of fused-ring (bicyclic) bond motifs is 1. The highest BCUT2D eigenvalue weighted by Crippen LogP contribution is 2.21. The van der Waals surface area contributed by atoms with E-state index in [0.29, 0.717) is 11.4 Å². The number of nitrogens with one attached hydrogen (secondary N) is 2. The van der Waals surface area contributed by atoms with Crippen molar-refractivity contribution in [3.05, 3.63) is 58.8 Å². The smallest absolute Gasteiger partial charge is 0.336 e. The highest BCUT2D eigenvalue weighted by molar-refractivity contribution is 5.90. The standard InChI is InChI=1S/C18H19N3O3/c22-17(23)14-7-3-1-6-13(14)11-19-18(24)21-16-10-9-12-5-2-4-8-15(12)20-16/h1,3,6-7,9-10H,2,4-5,8,11H2,(H,22,23)(H2,19,20,21,24). The molecule has 0 saturated heterocycles. The van der Waals surface area contributed by atoms with Gasteiger partial charge in [-0.15, -0.1) is 0 Å². The van der Waals surface area contributed by atoms with Gasteiger partial charge in [0.1, 0.15) is 5.82 Å². The van der Waals surface area contributed by atoms with Crippen LogP contribution in [-0.4, -0.2) is 22.1 Å². The second kappa shape index (κ2) is 7.12. The minimum atomic E-state index is -1.01. The van der Waals surface area contributed by atoms with Crippen molar-refractivity contribution in [2.45, 2.75) is 32.2 Å². The number of urea groups is 1. The van der Waals surface area contributed by atoms with E-state index in [1.54, 1.807) is 24.3 Å². The third kappa shape index (κ3) is 3.71. The van der Waals surface area contributed by atoms with Crippen molar-refractivity contribution >= 4 is 17.8 Å². The maximum absolute atomic E-state index is 12.0. The van der Waals surface area contributed by atoms with Crippen molar-refractivity contribution in [3.8, 4) is 0 Å². The maximum Gasteiger partial charge on any atom is 0.336 e. The van der Waals surface area contributed by atoms with Crippen LogP contribution < -0.4 is 10.6 Å². The summed E-state index contributed by atoms with van der Waals surface area (Å²) in [4.78, 5) is 27.7. The van der Waals surface area contributed by atoms with Gasteiger partial charge in [-0.1, -0.05) is 24.3 Å². The third-order valence-electron chi connectivity index (χ3n) is 4.11. The van der Waals surface area contributed by atoms with Crippen molar-refractivity contribution in [2.24, 2.45) is 0 Å². The van der Waals surface area contributed by atoms with E-state index in [1.807, 2.05) is 6.07 Å². The molecule has 1 aliphatic carbocycles. The van der Waals surface area contributed by atoms with E-state index in [-0.39, 0.29) is 12.1 Å². The van der Waals surface area contributed by atoms with Gasteiger partial charge in [-0.2, -0.15) is 0 Å². The molecular formula is C18H19N3O3. The Balaban J connectivity index is 1.61. The van der Waals surface area contributed by atoms with Crippen molar-refractivity contribution in [1.29, 1.82) is 0 Å². The number of carbonyl (C=O) groups excluding carboxylic acids is 1. The van der Waals surface area contributed by atoms with E-state index in [4.69, 9.17) is 5.11 Å². The Morgan fingerprint density at radius 2 is 1.88 bits per heavy atom. The summed E-state index contributed by atoms with van der Waals surface area (Å²) < 4.78 is 0. The van der Waals surface area contributed by atoms with E-state index in [1.165, 1.54) is 18.1 Å². The molecule has 0 aliphatic heterocycles. The van der Waals surface area contributed by atoms with Crippen molar-refractivity contribution < 1.29 is 14.7 Å². The Morgan fingerprint density at radius 3 is 2.71 bits per heavy atom. The van der Waals surface area contributed by atoms with E-state index in [2.05, 4.69) is 15.6 Å². The molecule has 0 atom stereocenters. The Hall–Kier alpha value is -2.89. The Labute approximate surface area is 139 Å². The first-order valence-corrected chi connectivity index (χ1v) is 7.98. The molecule has 6 heteroatoms. The first-order chi connectivity index (χ1) is 11.6. The zero-order valence-electron chi connectivity index (χ0n) is 13.2. The number of hydrogen-bond acceptors (Lipinski definition) is 3. The molecule has 1 aliphatic rings. The number of aromatic carboxylic acids is 1. The zero-order chi connectivity index (χ0) is 16.9. The number of anilines is 1. The summed E-state index contributed by atoms with van der Waals surface area (Å²) in [5, 5.41) is 14.5. The van der Waals surface area contributed by atoms with E-state index in [9.17, 15) is 9.59 Å². The molecule has 24 heavy (non-hydrogen) atoms. The minimum Gasteiger partial charge on any atom is -0.478 e. The number of hydrogen-bond donors (Lipinski definition) is 3. The highest BCUT2D eigenvalue weighted by Gasteiger charge is 2.13. The van der Waals surface area contributed by atoms with Gasteiger partial charge in [-0.25, -0.2) is 14.6 Å². The molecule has 0 bridgehead atoms. The van der Waals surface area contributed by atoms with Gasteiger partial charge in [0.15, 0.2) is 0 Å². The van der Waals surface area contributed by atoms with Crippen LogP contribution in [0.4, 0.5) is 10.6 Å². The number of carboxylic acids is 1. The maximum atomic E-state index is 12.0. The molecule has 3 N–H and O–H groups in total. The zero-order valence-corrected chi connectivity index (χ0v) is 13.2. The van der Waals surface area contributed by atoms with E-state index >= 15 is 0 Å². The van der Waals surface area contributed by atoms with Crippen molar-refractivity contribution in [2.75, 3.05) is 5.32 Å². The van der Waals surface area contributed by atoms with Gasteiger partial charge >= 0.3 is 12.0 Å². The number of aryl methyl sites for hydroxylation is 2. The van der Waals surface area contributed by atoms with Gasteiger partial charge in [-0.3, -0.25) is 5.32 Å². The number of carboxylic acid groups (broad SMARTS) is 1. The highest BCUT2D eigenvalue weighted by atomic mass is 16.4. The summed E-state index contributed by atoms with van der Waals surface area (Å²) in [5.41, 5.74) is 3.04. The number of nitrogens with zero attached hydrogens (tertiary/aromatic N) is 1. The van der Waals surface area contributed by atoms with Crippen LogP contribution in [0.2, 0.25) is 0 Å². The van der Waals surface area contributed by atoms with Crippen molar-refractivity contribution in [3.63, 3.8) is 0 Å². The molecule has 0 spiro atoms. The molecular weight excluding hydrogens is 306 g/mol. The molecule has 0 unspecified atom stereocenters. The van der Waals surface area contributed by atoms with Crippen LogP contribution in [-0.2, 0) is 19.4 Å². The minimum absolute atomic E-state index is 0.138. The lowest BCUT2D eigenvalue weighted by Gasteiger charge is -2.16. The van der Waals surface area contributed by atoms with Gasteiger partial charge in [0, 0.05) is 12.2 Å². The van der Waals surface area contributed by atoms with Gasteiger partial charge in [-0.05, 0) is 48.9 Å². The number of rotatable bonds is 4. The van der Waals surface area contributed by atoms with Crippen LogP contribution in [0.25, 0.3) is 0 Å². The number of pyridine rings is 1. The average Bonchev–Trinajstić information content (AvgIpc) is 2.60. The largest absolute Gasteiger partial charge is 0.478 e. The summed E-state index contributed by atoms with van der Waals surface area (Å²) in [5.74, 6) is -0.496. The van der Waals surface area contributed by atoms with Crippen LogP contribution in [0.1, 0.15) is 40.0 Å². The number of amides is 2. The fourth-order valence-electron chi connectivity index (χ4n) is 2.87. The molecule has 1 heterocycles. The fraction of sp³-hybridized carbons (Fsp3) is 0.278. The van der Waals surface area contributed by atoms with Gasteiger partial charge in [0.25, 0.3) is 0 Å². The monoisotopic (exact) mass is 325 g/mol. The summed E-state index contributed by atoms with van der Waals surface area (Å²) in [6.07, 6.45) is 4.30. The molecule has 1 aromatic heterocycles. The topological polar surface area (TPSA) is 91.3 Å². The van der Waals surface area contributed by atoms with Crippen LogP contribution in [0, 0.1) is 0 Å². The Morgan fingerprint density at radius 1 is 1.08 bits per heavy atom. The molecule has 2 aromatic rings. The number of carbonyl (C=O) groups is 2. The van der Waals surface area contributed by atoms with Crippen LogP contribution in [0.15, 0.2) is 36.4 Å². The Bertz CT molecular complexity index is 774. The molecule has 3 rings (SSSR count). The van der Waals surface area contributed by atoms with Gasteiger partial charge in [0.2, 0.25) is 0 Å². The van der Waals surface area contributed by atoms with E-state index in [0.717, 1.165) is 25.0 Å². The SMILES string of the molecule is O=C(NCc1ccccc1C(=O)O)Nc1ccc2c(n1)CCCC2. The van der Waals surface area contributed by atoms with Gasteiger partial charge in [0.05, 0.1) is 5.56 Å². The molecule has 0 fully saturated rings. The van der Waals surface area contributed by atoms with E-state index < -0.39 is 12.0 Å². The van der Waals surface area contributed by atoms with Crippen molar-refractivity contribution in [1.82, 2.24) is 10.3 Å². The summed E-state index contributed by atoms with van der Waals surface area (Å²) in [7, 11) is 0. The molecule has 2 amide bonds. The lowest BCUT2D eigenvalue weighted by Crippen LogP contribution is -2.29. The first-order valence-electron chi connectivity index (χ1n) is 7.98. The number of aromatic nitrogens is 1. The fourth-order valence-corrected chi connectivity index (χ4v) is 2.87. The molecule has 0 saturated carbocycles. The molecule has 1 aromatic carbocycles. The van der Waals surface area contributed by atoms with Crippen LogP contribution in [0.3, 0.4) is 0 Å². The first kappa shape index (κ1) is 16.0. The summed E-state index contributed by atoms with van der Waals surface area (Å²) in [6.45, 7) is 0.138. The molecule has 124 valence electrons. The second-order valence-corrected chi connectivity index (χ2v) is 5.78. The predicted octanol–water partition coefficient (Wildman–Crippen LogP) is 2.98. The third-order valence-corrected chi connectivity index (χ3v) is 4.11. The summed E-state index contributed by atoms with van der Waals surface area (Å²) in [6, 6.07) is 10.0. The predicted molar refractivity (Wildman–Crippen MR) is 90.1 cm³/mol. The van der Waals surface area contributed by atoms with Crippen LogP contribution >= 0.6 is 0 Å². The normalized spacial score (nSPS) is 13.0. The summed E-state index contributed by atoms with van der Waals surface area (Å²) >= 11 is 0. The molecule has 0 radical (unpaired) electrons. The average molecular weight is 325 g/mol. The van der Waals surface area contributed by atoms with Crippen LogP contribution in [0.5, 0.6) is 0 Å². The number of benzene rings is 1. The van der Waals surface area contributed by atoms with Gasteiger partial charge < -0.3 is 10.4 Å². The lowest BCUT2D eigenvalue weighted by atomic mass is 9.96. The second-order valence-electron chi connectivity index (χ2n) is 5.78. The lowest BCUT2D eigenvalue weighted by molar-refractivity contribution is 0.0695. The molecule has 6 nitrogen and oxygen atoms in total. The quantitative estimate of drug-likeness (QED) is 0.806. The Kier molecular flexibility index (Phi) is 4.74.